The summed E-state index contributed by atoms with van der Waals surface area (Å²) in [5.41, 5.74) is 0. The number of carbonyl (C=O) groups is 2. The van der Waals surface area contributed by atoms with Gasteiger partial charge in [-0.1, -0.05) is 18.2 Å². The molecule has 2 N–H and O–H groups in total. The van der Waals surface area contributed by atoms with Gasteiger partial charge in [-0.2, -0.15) is 0 Å². The van der Waals surface area contributed by atoms with Crippen molar-refractivity contribution < 1.29 is 27.5 Å². The van der Waals surface area contributed by atoms with Gasteiger partial charge in [0.15, 0.2) is 0 Å². The minimum atomic E-state index is -4.76. The average Bonchev–Trinajstić information content (AvgIpc) is 2.34. The van der Waals surface area contributed by atoms with E-state index in [1.807, 2.05) is 0 Å². The molecular formula is C13H17F3N2O3. The number of ether oxygens (including phenoxy) is 1. The predicted octanol–water partition coefficient (Wildman–Crippen LogP) is 1.79. The molecule has 0 saturated heterocycles. The van der Waals surface area contributed by atoms with Crippen molar-refractivity contribution in [3.05, 3.63) is 36.1 Å². The minimum Gasteiger partial charge on any atom is -0.406 e. The van der Waals surface area contributed by atoms with Crippen molar-refractivity contribution in [1.82, 2.24) is 10.6 Å². The van der Waals surface area contributed by atoms with E-state index in [1.165, 1.54) is 25.2 Å². The minimum absolute atomic E-state index is 0.115. The van der Waals surface area contributed by atoms with E-state index < -0.39 is 12.3 Å². The van der Waals surface area contributed by atoms with E-state index in [4.69, 9.17) is 0 Å². The first-order valence-corrected chi connectivity index (χ1v) is 6.01. The van der Waals surface area contributed by atoms with Gasteiger partial charge in [-0.15, -0.1) is 13.2 Å². The quantitative estimate of drug-likeness (QED) is 0.556. The van der Waals surface area contributed by atoms with Crippen molar-refractivity contribution in [3.8, 4) is 0 Å². The third-order valence-electron chi connectivity index (χ3n) is 1.88. The maximum atomic E-state index is 12.0. The van der Waals surface area contributed by atoms with E-state index in [9.17, 15) is 22.8 Å². The summed E-state index contributed by atoms with van der Waals surface area (Å²) in [5, 5.41) is 4.75. The summed E-state index contributed by atoms with van der Waals surface area (Å²) >= 11 is 0. The Labute approximate surface area is 120 Å². The van der Waals surface area contributed by atoms with Gasteiger partial charge in [0.2, 0.25) is 11.8 Å². The molecule has 0 unspecified atom stereocenters. The molecule has 0 aliphatic carbocycles. The lowest BCUT2D eigenvalue weighted by Crippen LogP contribution is -2.35. The molecule has 0 aromatic rings. The van der Waals surface area contributed by atoms with Crippen LogP contribution in [0.4, 0.5) is 13.2 Å². The van der Waals surface area contributed by atoms with Crippen LogP contribution in [0, 0.1) is 0 Å². The third kappa shape index (κ3) is 12.5. The van der Waals surface area contributed by atoms with Crippen LogP contribution in [0.3, 0.4) is 0 Å². The third-order valence-corrected chi connectivity index (χ3v) is 1.88. The van der Waals surface area contributed by atoms with Gasteiger partial charge in [0.25, 0.3) is 0 Å². The fraction of sp³-hybridized carbons (Fsp3) is 0.385. The van der Waals surface area contributed by atoms with Gasteiger partial charge in [-0.25, -0.2) is 0 Å². The second-order valence-corrected chi connectivity index (χ2v) is 3.76. The summed E-state index contributed by atoms with van der Waals surface area (Å²) in [5.74, 6) is -1.10. The molecule has 5 nitrogen and oxygen atoms in total. The van der Waals surface area contributed by atoms with Crippen LogP contribution in [0.25, 0.3) is 0 Å². The molecule has 0 saturated carbocycles. The lowest BCUT2D eigenvalue weighted by Gasteiger charge is -2.08. The van der Waals surface area contributed by atoms with E-state index in [2.05, 4.69) is 15.4 Å². The number of nitrogens with one attached hydrogen (secondary N) is 2. The van der Waals surface area contributed by atoms with Gasteiger partial charge >= 0.3 is 6.36 Å². The molecule has 0 fully saturated rings. The summed E-state index contributed by atoms with van der Waals surface area (Å²) in [4.78, 5) is 21.7. The summed E-state index contributed by atoms with van der Waals surface area (Å²) in [6, 6.07) is 0. The normalized spacial score (nSPS) is 12.7. The molecule has 0 bridgehead atoms. The summed E-state index contributed by atoms with van der Waals surface area (Å²) in [6.45, 7) is 2.80. The first kappa shape index (κ1) is 18.8. The summed E-state index contributed by atoms with van der Waals surface area (Å²) in [6.07, 6.45) is 1.68. The van der Waals surface area contributed by atoms with Crippen LogP contribution in [0.2, 0.25) is 0 Å². The number of hydrogen-bond donors (Lipinski definition) is 2. The SMILES string of the molecule is C\C=C/C(=C\C=C\CNC(=O)CNC(C)=O)OC(F)(F)F. The molecule has 0 heterocycles. The topological polar surface area (TPSA) is 67.4 Å². The molecule has 0 atom stereocenters. The number of halogens is 3. The highest BCUT2D eigenvalue weighted by Gasteiger charge is 2.31. The Hall–Kier alpha value is -2.25. The zero-order valence-corrected chi connectivity index (χ0v) is 11.7. The summed E-state index contributed by atoms with van der Waals surface area (Å²) < 4.78 is 39.9. The van der Waals surface area contributed by atoms with Crippen LogP contribution >= 0.6 is 0 Å². The number of rotatable bonds is 7. The number of amides is 2. The van der Waals surface area contributed by atoms with Crippen LogP contribution in [0.15, 0.2) is 36.1 Å². The second kappa shape index (κ2) is 9.62. The van der Waals surface area contributed by atoms with Gasteiger partial charge < -0.3 is 15.4 Å². The van der Waals surface area contributed by atoms with Gasteiger partial charge in [0.05, 0.1) is 6.54 Å². The fourth-order valence-corrected chi connectivity index (χ4v) is 1.09. The van der Waals surface area contributed by atoms with Crippen LogP contribution in [-0.2, 0) is 14.3 Å². The zero-order valence-electron chi connectivity index (χ0n) is 11.7. The molecule has 8 heteroatoms. The Morgan fingerprint density at radius 1 is 1.24 bits per heavy atom. The molecule has 0 aromatic heterocycles. The molecule has 2 amide bonds. The molecule has 0 spiro atoms. The molecule has 21 heavy (non-hydrogen) atoms. The van der Waals surface area contributed by atoms with Crippen LogP contribution in [0.1, 0.15) is 13.8 Å². The summed E-state index contributed by atoms with van der Waals surface area (Å²) in [7, 11) is 0. The lowest BCUT2D eigenvalue weighted by atomic mass is 10.3. The van der Waals surface area contributed by atoms with Crippen molar-refractivity contribution in [2.24, 2.45) is 0 Å². The smallest absolute Gasteiger partial charge is 0.406 e. The van der Waals surface area contributed by atoms with Crippen molar-refractivity contribution in [2.75, 3.05) is 13.1 Å². The Bertz CT molecular complexity index is 440. The standard InChI is InChI=1S/C13H17F3N2O3/c1-3-6-11(21-13(14,15)16)7-4-5-8-17-12(20)9-18-10(2)19/h3-7H,8-9H2,1-2H3,(H,17,20)(H,18,19)/b5-4+,6-3-,11-7+. The number of allylic oxidation sites excluding steroid dienone is 4. The highest BCUT2D eigenvalue weighted by Crippen LogP contribution is 2.21. The zero-order chi connectivity index (χ0) is 16.3. The van der Waals surface area contributed by atoms with Crippen LogP contribution in [0.5, 0.6) is 0 Å². The number of carbonyl (C=O) groups excluding carboxylic acids is 2. The number of hydrogen-bond acceptors (Lipinski definition) is 3. The van der Waals surface area contributed by atoms with E-state index in [-0.39, 0.29) is 24.8 Å². The molecule has 0 radical (unpaired) electrons. The van der Waals surface area contributed by atoms with Crippen LogP contribution in [-0.4, -0.2) is 31.3 Å². The number of alkyl halides is 3. The molecule has 118 valence electrons. The van der Waals surface area contributed by atoms with E-state index in [0.29, 0.717) is 0 Å². The van der Waals surface area contributed by atoms with Crippen LogP contribution < -0.4 is 10.6 Å². The van der Waals surface area contributed by atoms with E-state index in [1.54, 1.807) is 6.92 Å². The first-order valence-electron chi connectivity index (χ1n) is 6.01. The van der Waals surface area contributed by atoms with Crippen molar-refractivity contribution >= 4 is 11.8 Å². The Morgan fingerprint density at radius 2 is 1.90 bits per heavy atom. The average molecular weight is 306 g/mol. The first-order chi connectivity index (χ1) is 9.74. The maximum absolute atomic E-state index is 12.0. The molecule has 0 aliphatic heterocycles. The highest BCUT2D eigenvalue weighted by molar-refractivity contribution is 5.83. The molecule has 0 rings (SSSR count). The maximum Gasteiger partial charge on any atom is 0.573 e. The van der Waals surface area contributed by atoms with Gasteiger partial charge in [-0.3, -0.25) is 9.59 Å². The van der Waals surface area contributed by atoms with E-state index >= 15 is 0 Å². The highest BCUT2D eigenvalue weighted by atomic mass is 19.4. The Balaban J connectivity index is 4.23. The van der Waals surface area contributed by atoms with Crippen molar-refractivity contribution in [1.29, 1.82) is 0 Å². The van der Waals surface area contributed by atoms with Crippen molar-refractivity contribution in [2.45, 2.75) is 20.2 Å². The van der Waals surface area contributed by atoms with E-state index in [0.717, 1.165) is 12.2 Å². The molecule has 0 aromatic carbocycles. The van der Waals surface area contributed by atoms with Gasteiger partial charge in [0, 0.05) is 13.5 Å². The Kier molecular flexibility index (Phi) is 8.59. The second-order valence-electron chi connectivity index (χ2n) is 3.76. The van der Waals surface area contributed by atoms with Crippen molar-refractivity contribution in [3.63, 3.8) is 0 Å². The monoisotopic (exact) mass is 306 g/mol. The van der Waals surface area contributed by atoms with Gasteiger partial charge in [0.1, 0.15) is 5.76 Å². The lowest BCUT2D eigenvalue weighted by molar-refractivity contribution is -0.303. The fourth-order valence-electron chi connectivity index (χ4n) is 1.09. The van der Waals surface area contributed by atoms with Gasteiger partial charge in [-0.05, 0) is 19.1 Å². The largest absolute Gasteiger partial charge is 0.573 e. The Morgan fingerprint density at radius 3 is 2.43 bits per heavy atom. The predicted molar refractivity (Wildman–Crippen MR) is 70.9 cm³/mol. The molecular weight excluding hydrogens is 289 g/mol. The molecule has 0 aliphatic rings.